The van der Waals surface area contributed by atoms with Crippen LogP contribution in [0.15, 0.2) is 12.1 Å². The summed E-state index contributed by atoms with van der Waals surface area (Å²) in [4.78, 5) is 13.5. The number of esters is 1. The Balaban J connectivity index is 2.31. The highest BCUT2D eigenvalue weighted by atomic mass is 32.1. The zero-order valence-electron chi connectivity index (χ0n) is 12.4. The van der Waals surface area contributed by atoms with Gasteiger partial charge in [0.05, 0.1) is 13.5 Å². The molecule has 0 spiro atoms. The van der Waals surface area contributed by atoms with E-state index in [4.69, 9.17) is 0 Å². The summed E-state index contributed by atoms with van der Waals surface area (Å²) in [7, 11) is 1.43. The number of carbonyl (C=O) groups is 1. The molecule has 1 atom stereocenters. The molecule has 1 rings (SSSR count). The SMILES string of the molecule is COC(=O)Cc1ccc(CNC(C)CCC(C)C)s1. The van der Waals surface area contributed by atoms with Crippen LogP contribution in [0.4, 0.5) is 0 Å². The third-order valence-corrected chi connectivity index (χ3v) is 4.15. The quantitative estimate of drug-likeness (QED) is 0.743. The van der Waals surface area contributed by atoms with Gasteiger partial charge >= 0.3 is 5.97 Å². The average Bonchev–Trinajstić information content (AvgIpc) is 2.81. The van der Waals surface area contributed by atoms with Crippen molar-refractivity contribution in [2.24, 2.45) is 5.92 Å². The third kappa shape index (κ3) is 6.73. The molecule has 1 N–H and O–H groups in total. The largest absolute Gasteiger partial charge is 0.469 e. The van der Waals surface area contributed by atoms with Crippen LogP contribution in [0.2, 0.25) is 0 Å². The molecule has 108 valence electrons. The Morgan fingerprint density at radius 3 is 2.58 bits per heavy atom. The molecule has 0 aromatic carbocycles. The molecule has 3 nitrogen and oxygen atoms in total. The monoisotopic (exact) mass is 283 g/mol. The van der Waals surface area contributed by atoms with Crippen LogP contribution < -0.4 is 5.32 Å². The average molecular weight is 283 g/mol. The Morgan fingerprint density at radius 1 is 1.26 bits per heavy atom. The molecule has 0 saturated heterocycles. The van der Waals surface area contributed by atoms with Gasteiger partial charge in [-0.05, 0) is 37.8 Å². The number of rotatable bonds is 8. The van der Waals surface area contributed by atoms with E-state index < -0.39 is 0 Å². The number of nitrogens with one attached hydrogen (secondary N) is 1. The van der Waals surface area contributed by atoms with E-state index in [1.807, 2.05) is 6.07 Å². The molecule has 1 aromatic heterocycles. The first-order valence-corrected chi connectivity index (χ1v) is 7.70. The third-order valence-electron chi connectivity index (χ3n) is 3.07. The Labute approximate surface area is 120 Å². The molecular weight excluding hydrogens is 258 g/mol. The van der Waals surface area contributed by atoms with Crippen molar-refractivity contribution in [2.75, 3.05) is 7.11 Å². The maximum absolute atomic E-state index is 11.2. The first-order chi connectivity index (χ1) is 9.01. The number of methoxy groups -OCH3 is 1. The fraction of sp³-hybridized carbons (Fsp3) is 0.667. The zero-order chi connectivity index (χ0) is 14.3. The number of hydrogen-bond donors (Lipinski definition) is 1. The molecule has 19 heavy (non-hydrogen) atoms. The summed E-state index contributed by atoms with van der Waals surface area (Å²) in [6, 6.07) is 4.64. The van der Waals surface area contributed by atoms with Gasteiger partial charge in [0.2, 0.25) is 0 Å². The van der Waals surface area contributed by atoms with E-state index in [1.54, 1.807) is 11.3 Å². The van der Waals surface area contributed by atoms with E-state index in [0.29, 0.717) is 12.5 Å². The molecule has 1 aromatic rings. The van der Waals surface area contributed by atoms with Gasteiger partial charge in [0.15, 0.2) is 0 Å². The fourth-order valence-electron chi connectivity index (χ4n) is 1.79. The summed E-state index contributed by atoms with van der Waals surface area (Å²) in [6.07, 6.45) is 2.84. The number of hydrogen-bond acceptors (Lipinski definition) is 4. The lowest BCUT2D eigenvalue weighted by Gasteiger charge is -2.14. The van der Waals surface area contributed by atoms with Crippen molar-refractivity contribution < 1.29 is 9.53 Å². The van der Waals surface area contributed by atoms with Crippen molar-refractivity contribution in [3.05, 3.63) is 21.9 Å². The molecule has 0 saturated carbocycles. The normalized spacial score (nSPS) is 12.7. The van der Waals surface area contributed by atoms with Crippen LogP contribution in [0, 0.1) is 5.92 Å². The smallest absolute Gasteiger partial charge is 0.310 e. The molecule has 0 radical (unpaired) electrons. The number of carbonyl (C=O) groups excluding carboxylic acids is 1. The van der Waals surface area contributed by atoms with Crippen LogP contribution in [0.25, 0.3) is 0 Å². The summed E-state index contributed by atoms with van der Waals surface area (Å²) in [5.41, 5.74) is 0. The molecular formula is C15H25NO2S. The summed E-state index contributed by atoms with van der Waals surface area (Å²) >= 11 is 1.68. The van der Waals surface area contributed by atoms with Gasteiger partial charge < -0.3 is 10.1 Å². The minimum Gasteiger partial charge on any atom is -0.469 e. The molecule has 4 heteroatoms. The van der Waals surface area contributed by atoms with E-state index in [2.05, 4.69) is 36.9 Å². The van der Waals surface area contributed by atoms with Crippen LogP contribution >= 0.6 is 11.3 Å². The predicted octanol–water partition coefficient (Wildman–Crippen LogP) is 3.38. The van der Waals surface area contributed by atoms with Gasteiger partial charge in [0, 0.05) is 22.3 Å². The van der Waals surface area contributed by atoms with E-state index >= 15 is 0 Å². The second-order valence-electron chi connectivity index (χ2n) is 5.37. The summed E-state index contributed by atoms with van der Waals surface area (Å²) in [6.45, 7) is 7.62. The maximum Gasteiger partial charge on any atom is 0.310 e. The van der Waals surface area contributed by atoms with Gasteiger partial charge in [-0.15, -0.1) is 11.3 Å². The van der Waals surface area contributed by atoms with Crippen molar-refractivity contribution in [3.8, 4) is 0 Å². The lowest BCUT2D eigenvalue weighted by atomic mass is 10.0. The van der Waals surface area contributed by atoms with Crippen molar-refractivity contribution in [1.29, 1.82) is 0 Å². The number of ether oxygens (including phenoxy) is 1. The van der Waals surface area contributed by atoms with Crippen molar-refractivity contribution in [3.63, 3.8) is 0 Å². The molecule has 1 heterocycles. The second kappa shape index (κ2) is 8.33. The van der Waals surface area contributed by atoms with E-state index in [-0.39, 0.29) is 5.97 Å². The van der Waals surface area contributed by atoms with E-state index in [9.17, 15) is 4.79 Å². The van der Waals surface area contributed by atoms with E-state index in [1.165, 1.54) is 24.8 Å². The lowest BCUT2D eigenvalue weighted by molar-refractivity contribution is -0.139. The molecule has 0 fully saturated rings. The Bertz CT molecular complexity index is 387. The highest BCUT2D eigenvalue weighted by Gasteiger charge is 2.07. The van der Waals surface area contributed by atoms with Crippen molar-refractivity contribution in [2.45, 2.75) is 52.6 Å². The lowest BCUT2D eigenvalue weighted by Crippen LogP contribution is -2.25. The topological polar surface area (TPSA) is 38.3 Å². The van der Waals surface area contributed by atoms with Gasteiger partial charge in [-0.1, -0.05) is 13.8 Å². The Morgan fingerprint density at radius 2 is 1.95 bits per heavy atom. The number of thiophene rings is 1. The van der Waals surface area contributed by atoms with Gasteiger partial charge in [0.1, 0.15) is 0 Å². The van der Waals surface area contributed by atoms with Gasteiger partial charge in [-0.3, -0.25) is 4.79 Å². The minimum absolute atomic E-state index is 0.174. The van der Waals surface area contributed by atoms with Crippen LogP contribution in [-0.2, 0) is 22.5 Å². The van der Waals surface area contributed by atoms with Crippen LogP contribution in [0.1, 0.15) is 43.4 Å². The van der Waals surface area contributed by atoms with Gasteiger partial charge in [-0.25, -0.2) is 0 Å². The summed E-state index contributed by atoms with van der Waals surface area (Å²) < 4.78 is 4.67. The second-order valence-corrected chi connectivity index (χ2v) is 6.63. The van der Waals surface area contributed by atoms with Crippen LogP contribution in [0.5, 0.6) is 0 Å². The zero-order valence-corrected chi connectivity index (χ0v) is 13.2. The van der Waals surface area contributed by atoms with Crippen LogP contribution in [-0.4, -0.2) is 19.1 Å². The Hall–Kier alpha value is -0.870. The van der Waals surface area contributed by atoms with Gasteiger partial charge in [-0.2, -0.15) is 0 Å². The first kappa shape index (κ1) is 16.2. The van der Waals surface area contributed by atoms with Crippen molar-refractivity contribution in [1.82, 2.24) is 5.32 Å². The molecule has 1 unspecified atom stereocenters. The molecule has 0 aliphatic rings. The maximum atomic E-state index is 11.2. The van der Waals surface area contributed by atoms with E-state index in [0.717, 1.165) is 17.3 Å². The molecule has 0 amide bonds. The fourth-order valence-corrected chi connectivity index (χ4v) is 2.74. The molecule has 0 aliphatic carbocycles. The summed E-state index contributed by atoms with van der Waals surface area (Å²) in [5.74, 6) is 0.587. The van der Waals surface area contributed by atoms with Gasteiger partial charge in [0.25, 0.3) is 0 Å². The predicted molar refractivity (Wildman–Crippen MR) is 80.4 cm³/mol. The highest BCUT2D eigenvalue weighted by molar-refractivity contribution is 7.12. The van der Waals surface area contributed by atoms with Crippen LogP contribution in [0.3, 0.4) is 0 Å². The summed E-state index contributed by atoms with van der Waals surface area (Å²) in [5, 5.41) is 3.53. The standard InChI is InChI=1S/C15H25NO2S/c1-11(2)5-6-12(3)16-10-14-8-7-13(19-14)9-15(17)18-4/h7-8,11-12,16H,5-6,9-10H2,1-4H3. The molecule has 0 aliphatic heterocycles. The first-order valence-electron chi connectivity index (χ1n) is 6.89. The Kier molecular flexibility index (Phi) is 7.10. The molecule has 0 bridgehead atoms. The van der Waals surface area contributed by atoms with Crippen molar-refractivity contribution >= 4 is 17.3 Å². The minimum atomic E-state index is -0.174. The highest BCUT2D eigenvalue weighted by Crippen LogP contribution is 2.17.